The van der Waals surface area contributed by atoms with E-state index in [9.17, 15) is 0 Å². The minimum absolute atomic E-state index is 0.600. The molecule has 0 nitrogen and oxygen atoms in total. The van der Waals surface area contributed by atoms with Crippen molar-refractivity contribution in [1.82, 2.24) is 0 Å². The predicted molar refractivity (Wildman–Crippen MR) is 39.8 cm³/mol. The fraction of sp³-hybridized carbons (Fsp3) is 1.00. The molecule has 0 amide bonds. The van der Waals surface area contributed by atoms with Crippen molar-refractivity contribution in [2.45, 2.75) is 22.2 Å². The van der Waals surface area contributed by atoms with E-state index in [1.807, 2.05) is 0 Å². The topological polar surface area (TPSA) is 0 Å². The molecule has 0 spiro atoms. The van der Waals surface area contributed by atoms with Gasteiger partial charge in [0.1, 0.15) is 0 Å². The van der Waals surface area contributed by atoms with E-state index in [1.165, 1.54) is 0 Å². The van der Waals surface area contributed by atoms with E-state index >= 15 is 0 Å². The van der Waals surface area contributed by atoms with Crippen LogP contribution in [0.4, 0.5) is 0 Å². The summed E-state index contributed by atoms with van der Waals surface area (Å²) < 4.78 is 1.75. The zero-order chi connectivity index (χ0) is 5.86. The van der Waals surface area contributed by atoms with Crippen molar-refractivity contribution < 1.29 is 0 Å². The van der Waals surface area contributed by atoms with E-state index < -0.39 is 39.5 Å². The average molecular weight is 312 g/mol. The Balaban J connectivity index is 2.95. The Bertz CT molecular complexity index is 35.3. The summed E-state index contributed by atoms with van der Waals surface area (Å²) in [4.78, 5) is 10.0. The van der Waals surface area contributed by atoms with E-state index in [0.29, 0.717) is 0 Å². The molecule has 0 heterocycles. The van der Waals surface area contributed by atoms with Gasteiger partial charge in [0.25, 0.3) is 0 Å². The first-order valence-electron chi connectivity index (χ1n) is 2.71. The zero-order valence-corrected chi connectivity index (χ0v) is 11.4. The number of hydrogen-bond donors (Lipinski definition) is 0. The molecule has 2 radical (unpaired) electrons. The van der Waals surface area contributed by atoms with Gasteiger partial charge >= 0.3 is 61.7 Å². The standard InChI is InChI=1S/4CH3.CH2.2Sn/h4*1H3;1H2;;. The fourth-order valence-corrected chi connectivity index (χ4v) is 31.8. The molecule has 0 aliphatic heterocycles. The van der Waals surface area contributed by atoms with E-state index in [4.69, 9.17) is 0 Å². The molecule has 0 saturated heterocycles. The first-order chi connectivity index (χ1) is 3.13. The Morgan fingerprint density at radius 3 is 1.14 bits per heavy atom. The third kappa shape index (κ3) is 7.60. The molecule has 7 heavy (non-hydrogen) atoms. The van der Waals surface area contributed by atoms with Gasteiger partial charge in [-0.15, -0.1) is 0 Å². The molecule has 2 heteroatoms. The van der Waals surface area contributed by atoms with E-state index in [-0.39, 0.29) is 0 Å². The van der Waals surface area contributed by atoms with Gasteiger partial charge in [0.05, 0.1) is 0 Å². The maximum atomic E-state index is 2.51. The summed E-state index contributed by atoms with van der Waals surface area (Å²) in [6.07, 6.45) is 0. The predicted octanol–water partition coefficient (Wildman–Crippen LogP) is 2.03. The van der Waals surface area contributed by atoms with Crippen molar-refractivity contribution in [3.8, 4) is 0 Å². The van der Waals surface area contributed by atoms with Gasteiger partial charge in [-0.25, -0.2) is 0 Å². The van der Waals surface area contributed by atoms with Gasteiger partial charge in [-0.05, 0) is 0 Å². The van der Waals surface area contributed by atoms with Gasteiger partial charge in [-0.2, -0.15) is 0 Å². The van der Waals surface area contributed by atoms with Crippen LogP contribution in [0.1, 0.15) is 0 Å². The first kappa shape index (κ1) is 8.60. The summed E-state index contributed by atoms with van der Waals surface area (Å²) in [7, 11) is 0. The molecule has 0 bridgehead atoms. The van der Waals surface area contributed by atoms with Gasteiger partial charge in [0.15, 0.2) is 0 Å². The number of hydrogen-bond acceptors (Lipinski definition) is 0. The molecular weight excluding hydrogens is 297 g/mol. The van der Waals surface area contributed by atoms with E-state index in [1.54, 1.807) is 2.45 Å². The monoisotopic (exact) mass is 314 g/mol. The van der Waals surface area contributed by atoms with Crippen LogP contribution in [0.5, 0.6) is 0 Å². The SMILES string of the molecule is [CH3][Sn]([CH3])[CH2][Sn]([CH3])[CH3]. The molecule has 0 aliphatic rings. The summed E-state index contributed by atoms with van der Waals surface area (Å²) in [6.45, 7) is 0. The van der Waals surface area contributed by atoms with E-state index in [2.05, 4.69) is 19.8 Å². The van der Waals surface area contributed by atoms with Crippen molar-refractivity contribution >= 4 is 39.5 Å². The molecule has 0 N–H and O–H groups in total. The van der Waals surface area contributed by atoms with Gasteiger partial charge in [-0.3, -0.25) is 0 Å². The first-order valence-corrected chi connectivity index (χ1v) is 18.2. The Hall–Kier alpha value is 1.60. The molecule has 42 valence electrons. The van der Waals surface area contributed by atoms with E-state index in [0.717, 1.165) is 0 Å². The van der Waals surface area contributed by atoms with Crippen LogP contribution in [-0.4, -0.2) is 39.5 Å². The maximum absolute atomic E-state index is 2.51. The van der Waals surface area contributed by atoms with Crippen molar-refractivity contribution in [3.05, 3.63) is 0 Å². The molecule has 0 rings (SSSR count). The molecule has 0 aromatic heterocycles. The molecule has 0 unspecified atom stereocenters. The second kappa shape index (κ2) is 4.47. The Morgan fingerprint density at radius 2 is 1.14 bits per heavy atom. The van der Waals surface area contributed by atoms with Gasteiger partial charge in [0, 0.05) is 0 Å². The molecule has 0 atom stereocenters. The second-order valence-electron chi connectivity index (χ2n) is 2.59. The summed E-state index contributed by atoms with van der Waals surface area (Å²) in [5, 5.41) is 0. The molecule has 0 aromatic rings. The van der Waals surface area contributed by atoms with Crippen LogP contribution in [0.25, 0.3) is 0 Å². The van der Waals surface area contributed by atoms with Crippen molar-refractivity contribution in [2.75, 3.05) is 0 Å². The van der Waals surface area contributed by atoms with Gasteiger partial charge < -0.3 is 0 Å². The van der Waals surface area contributed by atoms with Crippen LogP contribution >= 0.6 is 0 Å². The summed E-state index contributed by atoms with van der Waals surface area (Å²) in [5.41, 5.74) is 0. The van der Waals surface area contributed by atoms with Gasteiger partial charge in [0.2, 0.25) is 0 Å². The average Bonchev–Trinajstić information content (AvgIpc) is 1.27. The van der Waals surface area contributed by atoms with Crippen LogP contribution in [-0.2, 0) is 0 Å². The quantitative estimate of drug-likeness (QED) is 0.685. The molecular formula is C5H14Sn2. The van der Waals surface area contributed by atoms with Crippen LogP contribution in [0.15, 0.2) is 0 Å². The Kier molecular flexibility index (Phi) is 5.49. The van der Waals surface area contributed by atoms with Crippen molar-refractivity contribution in [1.29, 1.82) is 0 Å². The van der Waals surface area contributed by atoms with Crippen LogP contribution in [0, 0.1) is 0 Å². The molecule has 0 saturated carbocycles. The fourth-order valence-electron chi connectivity index (χ4n) is 0.707. The summed E-state index contributed by atoms with van der Waals surface area (Å²) in [6, 6.07) is 0. The summed E-state index contributed by atoms with van der Waals surface area (Å²) >= 11 is -1.20. The molecule has 0 aromatic carbocycles. The Labute approximate surface area is 61.2 Å². The van der Waals surface area contributed by atoms with Gasteiger partial charge in [-0.1, -0.05) is 0 Å². The van der Waals surface area contributed by atoms with Crippen molar-refractivity contribution in [2.24, 2.45) is 0 Å². The Morgan fingerprint density at radius 1 is 0.857 bits per heavy atom. The summed E-state index contributed by atoms with van der Waals surface area (Å²) in [5.74, 6) is 0. The minimum atomic E-state index is -0.600. The number of rotatable bonds is 2. The normalized spacial score (nSPS) is 11.1. The zero-order valence-electron chi connectivity index (χ0n) is 5.71. The van der Waals surface area contributed by atoms with Crippen LogP contribution in [0.3, 0.4) is 0 Å². The van der Waals surface area contributed by atoms with Crippen LogP contribution < -0.4 is 0 Å². The molecule has 0 aliphatic carbocycles. The van der Waals surface area contributed by atoms with Crippen molar-refractivity contribution in [3.63, 3.8) is 0 Å². The third-order valence-corrected chi connectivity index (χ3v) is 31.8. The molecule has 0 fully saturated rings. The second-order valence-corrected chi connectivity index (χ2v) is 24.1. The third-order valence-electron chi connectivity index (χ3n) is 0.707. The van der Waals surface area contributed by atoms with Crippen LogP contribution in [0.2, 0.25) is 22.2 Å².